The number of morpholine rings is 1. The molecule has 0 aliphatic carbocycles. The molecule has 9 nitrogen and oxygen atoms in total. The van der Waals surface area contributed by atoms with Crippen LogP contribution in [-0.2, 0) is 4.74 Å². The lowest BCUT2D eigenvalue weighted by Gasteiger charge is -2.28. The van der Waals surface area contributed by atoms with Gasteiger partial charge in [0.2, 0.25) is 5.88 Å². The third-order valence-corrected chi connectivity index (χ3v) is 5.14. The van der Waals surface area contributed by atoms with Gasteiger partial charge in [-0.05, 0) is 30.7 Å². The Kier molecular flexibility index (Phi) is 8.88. The molecule has 1 aromatic carbocycles. The summed E-state index contributed by atoms with van der Waals surface area (Å²) in [5, 5.41) is 0. The number of hydrogen-bond donors (Lipinski definition) is 0. The van der Waals surface area contributed by atoms with Crippen LogP contribution < -0.4 is 4.74 Å². The van der Waals surface area contributed by atoms with Crippen molar-refractivity contribution < 1.29 is 23.5 Å². The number of hydrogen-bond acceptors (Lipinski definition) is 7. The van der Waals surface area contributed by atoms with Crippen LogP contribution in [-0.4, -0.2) is 96.2 Å². The summed E-state index contributed by atoms with van der Waals surface area (Å²) in [5.41, 5.74) is 0.384. The summed E-state index contributed by atoms with van der Waals surface area (Å²) in [6.07, 6.45) is 4.52. The van der Waals surface area contributed by atoms with Crippen LogP contribution in [0.1, 0.15) is 16.8 Å². The molecule has 2 heterocycles. The Labute approximate surface area is 186 Å². The minimum atomic E-state index is -0.546. The summed E-state index contributed by atoms with van der Waals surface area (Å²) in [5.74, 6) is -0.533. The van der Waals surface area contributed by atoms with Gasteiger partial charge < -0.3 is 19.3 Å². The fraction of sp³-hybridized carbons (Fsp3) is 0.455. The molecular formula is C22H28FN5O4. The molecule has 1 aromatic heterocycles. The van der Waals surface area contributed by atoms with Crippen LogP contribution in [0.15, 0.2) is 42.9 Å². The standard InChI is InChI=1S/C22H28FN5O4/c1-26(21(29)18-3-5-19(23)6-4-18)11-12-28(10-2-9-27-13-15-31-16-14-27)22(30)32-20-17-24-7-8-25-20/h3-8,17H,2,9-16H2,1H3. The summed E-state index contributed by atoms with van der Waals surface area (Å²) < 4.78 is 23.8. The van der Waals surface area contributed by atoms with E-state index < -0.39 is 11.9 Å². The van der Waals surface area contributed by atoms with E-state index in [2.05, 4.69) is 14.9 Å². The minimum absolute atomic E-state index is 0.117. The Morgan fingerprint density at radius 1 is 1.12 bits per heavy atom. The van der Waals surface area contributed by atoms with Crippen molar-refractivity contribution >= 4 is 12.0 Å². The van der Waals surface area contributed by atoms with Crippen LogP contribution in [0.4, 0.5) is 9.18 Å². The third kappa shape index (κ3) is 7.24. The topological polar surface area (TPSA) is 88.1 Å². The number of carbonyl (C=O) groups is 2. The van der Waals surface area contributed by atoms with Crippen molar-refractivity contribution in [1.29, 1.82) is 0 Å². The first kappa shape index (κ1) is 23.6. The summed E-state index contributed by atoms with van der Waals surface area (Å²) in [6, 6.07) is 5.38. The molecule has 172 valence electrons. The predicted octanol–water partition coefficient (Wildman–Crippen LogP) is 1.91. The largest absolute Gasteiger partial charge is 0.416 e. The first-order valence-electron chi connectivity index (χ1n) is 10.6. The van der Waals surface area contributed by atoms with Crippen molar-refractivity contribution in [3.63, 3.8) is 0 Å². The molecule has 10 heteroatoms. The molecule has 0 N–H and O–H groups in total. The quantitative estimate of drug-likeness (QED) is 0.583. The highest BCUT2D eigenvalue weighted by Gasteiger charge is 2.20. The van der Waals surface area contributed by atoms with Gasteiger partial charge in [-0.25, -0.2) is 14.2 Å². The Balaban J connectivity index is 1.56. The van der Waals surface area contributed by atoms with Crippen molar-refractivity contribution in [3.8, 4) is 5.88 Å². The average Bonchev–Trinajstić information content (AvgIpc) is 2.82. The molecule has 0 spiro atoms. The molecule has 1 fully saturated rings. The van der Waals surface area contributed by atoms with Gasteiger partial charge in [-0.2, -0.15) is 0 Å². The summed E-state index contributed by atoms with van der Waals surface area (Å²) in [6.45, 7) is 5.06. The maximum Gasteiger partial charge on any atom is 0.416 e. The number of carbonyl (C=O) groups excluding carboxylic acids is 2. The van der Waals surface area contributed by atoms with E-state index in [-0.39, 0.29) is 18.3 Å². The minimum Gasteiger partial charge on any atom is -0.389 e. The lowest BCUT2D eigenvalue weighted by Crippen LogP contribution is -2.43. The first-order valence-corrected chi connectivity index (χ1v) is 10.6. The van der Waals surface area contributed by atoms with Gasteiger partial charge in [-0.15, -0.1) is 0 Å². The normalized spacial score (nSPS) is 14.1. The number of nitrogens with zero attached hydrogens (tertiary/aromatic N) is 5. The second kappa shape index (κ2) is 12.1. The fourth-order valence-electron chi connectivity index (χ4n) is 3.28. The van der Waals surface area contributed by atoms with Gasteiger partial charge in [0, 0.05) is 64.3 Å². The number of aromatic nitrogens is 2. The van der Waals surface area contributed by atoms with Gasteiger partial charge in [0.25, 0.3) is 5.91 Å². The van der Waals surface area contributed by atoms with Crippen LogP contribution in [0.2, 0.25) is 0 Å². The van der Waals surface area contributed by atoms with E-state index in [4.69, 9.17) is 9.47 Å². The highest BCUT2D eigenvalue weighted by atomic mass is 19.1. The van der Waals surface area contributed by atoms with Crippen molar-refractivity contribution in [2.45, 2.75) is 6.42 Å². The van der Waals surface area contributed by atoms with Gasteiger partial charge in [0.15, 0.2) is 0 Å². The van der Waals surface area contributed by atoms with Gasteiger partial charge in [0.05, 0.1) is 19.4 Å². The molecule has 0 radical (unpaired) electrons. The van der Waals surface area contributed by atoms with Crippen molar-refractivity contribution in [3.05, 3.63) is 54.2 Å². The van der Waals surface area contributed by atoms with Crippen molar-refractivity contribution in [2.24, 2.45) is 0 Å². The zero-order valence-corrected chi connectivity index (χ0v) is 18.2. The van der Waals surface area contributed by atoms with Crippen LogP contribution in [0.3, 0.4) is 0 Å². The second-order valence-corrected chi connectivity index (χ2v) is 7.44. The molecule has 1 aliphatic rings. The summed E-state index contributed by atoms with van der Waals surface area (Å²) in [4.78, 5) is 38.5. The first-order chi connectivity index (χ1) is 15.5. The summed E-state index contributed by atoms with van der Waals surface area (Å²) in [7, 11) is 1.64. The molecule has 0 bridgehead atoms. The van der Waals surface area contributed by atoms with E-state index in [9.17, 15) is 14.0 Å². The molecular weight excluding hydrogens is 417 g/mol. The van der Waals surface area contributed by atoms with Crippen LogP contribution in [0.5, 0.6) is 5.88 Å². The van der Waals surface area contributed by atoms with Gasteiger partial charge >= 0.3 is 6.09 Å². The summed E-state index contributed by atoms with van der Waals surface area (Å²) >= 11 is 0. The van der Waals surface area contributed by atoms with Gasteiger partial charge in [0.1, 0.15) is 5.82 Å². The molecule has 1 saturated heterocycles. The van der Waals surface area contributed by atoms with Crippen LogP contribution >= 0.6 is 0 Å². The van der Waals surface area contributed by atoms with Crippen LogP contribution in [0.25, 0.3) is 0 Å². The number of amides is 2. The molecule has 3 rings (SSSR count). The third-order valence-electron chi connectivity index (χ3n) is 5.14. The maximum atomic E-state index is 13.1. The Morgan fingerprint density at radius 3 is 2.56 bits per heavy atom. The number of halogens is 1. The lowest BCUT2D eigenvalue weighted by atomic mass is 10.2. The molecule has 0 atom stereocenters. The molecule has 2 aromatic rings. The fourth-order valence-corrected chi connectivity index (χ4v) is 3.28. The van der Waals surface area contributed by atoms with Crippen LogP contribution in [0, 0.1) is 5.82 Å². The highest BCUT2D eigenvalue weighted by Crippen LogP contribution is 2.09. The monoisotopic (exact) mass is 445 g/mol. The Hall–Kier alpha value is -3.11. The Bertz CT molecular complexity index is 862. The number of benzene rings is 1. The molecule has 2 amide bonds. The van der Waals surface area contributed by atoms with E-state index in [1.165, 1.54) is 47.8 Å². The number of ether oxygens (including phenoxy) is 2. The molecule has 0 saturated carbocycles. The van der Waals surface area contributed by atoms with E-state index in [1.54, 1.807) is 11.9 Å². The molecule has 32 heavy (non-hydrogen) atoms. The smallest absolute Gasteiger partial charge is 0.389 e. The number of rotatable bonds is 9. The number of likely N-dealkylation sites (N-methyl/N-ethyl adjacent to an activating group) is 1. The Morgan fingerprint density at radius 2 is 1.88 bits per heavy atom. The van der Waals surface area contributed by atoms with E-state index >= 15 is 0 Å². The van der Waals surface area contributed by atoms with Gasteiger partial charge in [-0.3, -0.25) is 14.7 Å². The zero-order chi connectivity index (χ0) is 22.8. The highest BCUT2D eigenvalue weighted by molar-refractivity contribution is 5.94. The zero-order valence-electron chi connectivity index (χ0n) is 18.2. The maximum absolute atomic E-state index is 13.1. The molecule has 0 unspecified atom stereocenters. The molecule has 1 aliphatic heterocycles. The predicted molar refractivity (Wildman–Crippen MR) is 115 cm³/mol. The SMILES string of the molecule is CN(CCN(CCCN1CCOCC1)C(=O)Oc1cnccn1)C(=O)c1ccc(F)cc1. The van der Waals surface area contributed by atoms with Gasteiger partial charge in [-0.1, -0.05) is 0 Å². The van der Waals surface area contributed by atoms with E-state index in [0.717, 1.165) is 26.1 Å². The van der Waals surface area contributed by atoms with E-state index in [0.29, 0.717) is 31.9 Å². The second-order valence-electron chi connectivity index (χ2n) is 7.44. The lowest BCUT2D eigenvalue weighted by molar-refractivity contribution is 0.0361. The van der Waals surface area contributed by atoms with E-state index in [1.807, 2.05) is 0 Å². The van der Waals surface area contributed by atoms with Crippen molar-refractivity contribution in [2.75, 3.05) is 59.5 Å². The average molecular weight is 445 g/mol. The van der Waals surface area contributed by atoms with Crippen molar-refractivity contribution in [1.82, 2.24) is 24.7 Å².